The Morgan fingerprint density at radius 1 is 1.35 bits per heavy atom. The van der Waals surface area contributed by atoms with Crippen LogP contribution in [0.15, 0.2) is 23.1 Å². The summed E-state index contributed by atoms with van der Waals surface area (Å²) in [6.45, 7) is 6.21. The third-order valence-electron chi connectivity index (χ3n) is 3.65. The number of nitrogens with one attached hydrogen (secondary N) is 1. The summed E-state index contributed by atoms with van der Waals surface area (Å²) >= 11 is 0. The van der Waals surface area contributed by atoms with Crippen LogP contribution in [0.3, 0.4) is 0 Å². The number of nitriles is 1. The van der Waals surface area contributed by atoms with Gasteiger partial charge in [0.15, 0.2) is 0 Å². The number of nitrogens with zero attached hydrogens (tertiary/aromatic N) is 3. The van der Waals surface area contributed by atoms with Gasteiger partial charge in [-0.1, -0.05) is 0 Å². The number of H-pyrrole nitrogens is 1. The number of rotatable bonds is 2. The van der Waals surface area contributed by atoms with Crippen molar-refractivity contribution in [3.8, 4) is 6.07 Å². The van der Waals surface area contributed by atoms with Crippen molar-refractivity contribution >= 4 is 5.91 Å². The van der Waals surface area contributed by atoms with Gasteiger partial charge in [0.25, 0.3) is 5.91 Å². The van der Waals surface area contributed by atoms with Gasteiger partial charge in [-0.05, 0) is 19.9 Å². The molecule has 1 aliphatic heterocycles. The highest BCUT2D eigenvalue weighted by Crippen LogP contribution is 2.16. The van der Waals surface area contributed by atoms with Crippen LogP contribution in [0.4, 0.5) is 0 Å². The van der Waals surface area contributed by atoms with E-state index in [-0.39, 0.29) is 11.5 Å². The second-order valence-electron chi connectivity index (χ2n) is 5.39. The second-order valence-corrected chi connectivity index (χ2v) is 5.39. The average Bonchev–Trinajstić information content (AvgIpc) is 2.46. The van der Waals surface area contributed by atoms with Gasteiger partial charge in [-0.15, -0.1) is 0 Å². The molecule has 0 radical (unpaired) electrons. The van der Waals surface area contributed by atoms with Gasteiger partial charge in [0.1, 0.15) is 5.54 Å². The van der Waals surface area contributed by atoms with Crippen LogP contribution < -0.4 is 5.56 Å². The van der Waals surface area contributed by atoms with E-state index in [4.69, 9.17) is 5.26 Å². The zero-order chi connectivity index (χ0) is 14.8. The Hall–Kier alpha value is -2.13. The first-order chi connectivity index (χ1) is 9.44. The van der Waals surface area contributed by atoms with Crippen molar-refractivity contribution < 1.29 is 4.79 Å². The molecule has 1 saturated heterocycles. The fourth-order valence-corrected chi connectivity index (χ4v) is 2.30. The van der Waals surface area contributed by atoms with Crippen molar-refractivity contribution in [2.45, 2.75) is 19.4 Å². The SMILES string of the molecule is CC(C)(C#N)N1CCN(C(=O)c2cc[nH]c(=O)c2)CC1. The molecule has 0 bridgehead atoms. The standard InChI is InChI=1S/C14H18N4O2/c1-14(2,10-15)18-7-5-17(6-8-18)13(20)11-3-4-16-12(19)9-11/h3-4,9H,5-8H2,1-2H3,(H,16,19). The van der Waals surface area contributed by atoms with Gasteiger partial charge < -0.3 is 9.88 Å². The van der Waals surface area contributed by atoms with Crippen molar-refractivity contribution in [1.29, 1.82) is 5.26 Å². The monoisotopic (exact) mass is 274 g/mol. The van der Waals surface area contributed by atoms with E-state index in [2.05, 4.69) is 16.0 Å². The lowest BCUT2D eigenvalue weighted by Crippen LogP contribution is -2.55. The maximum absolute atomic E-state index is 12.3. The molecule has 0 aliphatic carbocycles. The van der Waals surface area contributed by atoms with Crippen LogP contribution in [-0.4, -0.2) is 52.4 Å². The van der Waals surface area contributed by atoms with Gasteiger partial charge in [0.2, 0.25) is 5.56 Å². The number of amides is 1. The quantitative estimate of drug-likeness (QED) is 0.848. The molecule has 1 aromatic rings. The van der Waals surface area contributed by atoms with E-state index >= 15 is 0 Å². The first-order valence-corrected chi connectivity index (χ1v) is 6.58. The second kappa shape index (κ2) is 5.47. The fourth-order valence-electron chi connectivity index (χ4n) is 2.30. The lowest BCUT2D eigenvalue weighted by molar-refractivity contribution is 0.0520. The van der Waals surface area contributed by atoms with Crippen molar-refractivity contribution in [1.82, 2.24) is 14.8 Å². The Bertz CT molecular complexity index is 592. The molecule has 1 amide bonds. The predicted octanol–water partition coefficient (Wildman–Crippen LogP) is 0.435. The Labute approximate surface area is 117 Å². The Balaban J connectivity index is 2.03. The van der Waals surface area contributed by atoms with E-state index < -0.39 is 5.54 Å². The van der Waals surface area contributed by atoms with Gasteiger partial charge in [-0.3, -0.25) is 14.5 Å². The Kier molecular flexibility index (Phi) is 3.91. The van der Waals surface area contributed by atoms with Gasteiger partial charge in [0, 0.05) is 44.0 Å². The molecule has 1 aliphatic rings. The number of pyridine rings is 1. The molecular weight excluding hydrogens is 256 g/mol. The largest absolute Gasteiger partial charge is 0.336 e. The van der Waals surface area contributed by atoms with Gasteiger partial charge in [0.05, 0.1) is 6.07 Å². The molecular formula is C14H18N4O2. The number of piperazine rings is 1. The van der Waals surface area contributed by atoms with E-state index in [1.54, 1.807) is 11.0 Å². The molecule has 6 nitrogen and oxygen atoms in total. The van der Waals surface area contributed by atoms with Gasteiger partial charge >= 0.3 is 0 Å². The molecule has 0 aromatic carbocycles. The maximum Gasteiger partial charge on any atom is 0.254 e. The van der Waals surface area contributed by atoms with Crippen LogP contribution >= 0.6 is 0 Å². The van der Waals surface area contributed by atoms with Crippen molar-refractivity contribution in [2.75, 3.05) is 26.2 Å². The summed E-state index contributed by atoms with van der Waals surface area (Å²) in [6.07, 6.45) is 1.48. The number of aromatic amines is 1. The molecule has 1 aromatic heterocycles. The molecule has 2 rings (SSSR count). The van der Waals surface area contributed by atoms with Crippen molar-refractivity contribution in [3.05, 3.63) is 34.2 Å². The Morgan fingerprint density at radius 3 is 2.55 bits per heavy atom. The molecule has 2 heterocycles. The summed E-state index contributed by atoms with van der Waals surface area (Å²) in [5, 5.41) is 9.12. The number of aromatic nitrogens is 1. The normalized spacial score (nSPS) is 16.8. The predicted molar refractivity (Wildman–Crippen MR) is 74.2 cm³/mol. The summed E-state index contributed by atoms with van der Waals surface area (Å²) in [4.78, 5) is 29.8. The van der Waals surface area contributed by atoms with E-state index in [1.807, 2.05) is 13.8 Å². The molecule has 20 heavy (non-hydrogen) atoms. The van der Waals surface area contributed by atoms with Crippen molar-refractivity contribution in [2.24, 2.45) is 0 Å². The number of carbonyl (C=O) groups excluding carboxylic acids is 1. The zero-order valence-corrected chi connectivity index (χ0v) is 11.7. The summed E-state index contributed by atoms with van der Waals surface area (Å²) in [6, 6.07) is 5.19. The summed E-state index contributed by atoms with van der Waals surface area (Å²) in [5.41, 5.74) is -0.388. The maximum atomic E-state index is 12.3. The minimum absolute atomic E-state index is 0.134. The average molecular weight is 274 g/mol. The lowest BCUT2D eigenvalue weighted by Gasteiger charge is -2.40. The molecule has 1 fully saturated rings. The number of hydrogen-bond acceptors (Lipinski definition) is 4. The first kappa shape index (κ1) is 14.3. The van der Waals surface area contributed by atoms with Crippen LogP contribution in [0.5, 0.6) is 0 Å². The van der Waals surface area contributed by atoms with E-state index in [9.17, 15) is 9.59 Å². The molecule has 0 unspecified atom stereocenters. The van der Waals surface area contributed by atoms with Crippen LogP contribution in [0.25, 0.3) is 0 Å². The van der Waals surface area contributed by atoms with Crippen LogP contribution in [0, 0.1) is 11.3 Å². The zero-order valence-electron chi connectivity index (χ0n) is 11.7. The number of hydrogen-bond donors (Lipinski definition) is 1. The highest BCUT2D eigenvalue weighted by atomic mass is 16.2. The smallest absolute Gasteiger partial charge is 0.254 e. The number of carbonyl (C=O) groups is 1. The first-order valence-electron chi connectivity index (χ1n) is 6.58. The topological polar surface area (TPSA) is 80.2 Å². The fraction of sp³-hybridized carbons (Fsp3) is 0.500. The van der Waals surface area contributed by atoms with E-state index in [0.717, 1.165) is 0 Å². The highest BCUT2D eigenvalue weighted by Gasteiger charge is 2.31. The van der Waals surface area contributed by atoms with Gasteiger partial charge in [-0.2, -0.15) is 5.26 Å². The molecule has 106 valence electrons. The van der Waals surface area contributed by atoms with Crippen LogP contribution in [-0.2, 0) is 0 Å². The summed E-state index contributed by atoms with van der Waals surface area (Å²) < 4.78 is 0. The Morgan fingerprint density at radius 2 is 2.00 bits per heavy atom. The van der Waals surface area contributed by atoms with Crippen molar-refractivity contribution in [3.63, 3.8) is 0 Å². The highest BCUT2D eigenvalue weighted by molar-refractivity contribution is 5.94. The minimum Gasteiger partial charge on any atom is -0.336 e. The van der Waals surface area contributed by atoms with Gasteiger partial charge in [-0.25, -0.2) is 0 Å². The van der Waals surface area contributed by atoms with Crippen LogP contribution in [0.2, 0.25) is 0 Å². The minimum atomic E-state index is -0.515. The third-order valence-corrected chi connectivity index (χ3v) is 3.65. The van der Waals surface area contributed by atoms with E-state index in [0.29, 0.717) is 31.7 Å². The molecule has 6 heteroatoms. The van der Waals surface area contributed by atoms with Crippen LogP contribution in [0.1, 0.15) is 24.2 Å². The summed E-state index contributed by atoms with van der Waals surface area (Å²) in [5.74, 6) is -0.134. The summed E-state index contributed by atoms with van der Waals surface area (Å²) in [7, 11) is 0. The molecule has 1 N–H and O–H groups in total. The lowest BCUT2D eigenvalue weighted by atomic mass is 10.0. The van der Waals surface area contributed by atoms with E-state index in [1.165, 1.54) is 12.3 Å². The molecule has 0 atom stereocenters. The molecule has 0 spiro atoms. The third kappa shape index (κ3) is 2.89. The molecule has 0 saturated carbocycles.